The van der Waals surface area contributed by atoms with Gasteiger partial charge in [0.1, 0.15) is 0 Å². The zero-order chi connectivity index (χ0) is 13.9. The fraction of sp³-hybridized carbons (Fsp3) is 0.167. The summed E-state index contributed by atoms with van der Waals surface area (Å²) < 4.78 is 0. The average Bonchev–Trinajstić information content (AvgIpc) is 2.51. The molecule has 0 aliphatic rings. The molecule has 3 rings (SSSR count). The summed E-state index contributed by atoms with van der Waals surface area (Å²) in [4.78, 5) is 11.5. The quantitative estimate of drug-likeness (QED) is 0.718. The van der Waals surface area contributed by atoms with Gasteiger partial charge in [-0.25, -0.2) is 0 Å². The minimum absolute atomic E-state index is 0.0852. The second kappa shape index (κ2) is 5.33. The molecule has 0 saturated heterocycles. The summed E-state index contributed by atoms with van der Waals surface area (Å²) in [5.74, 6) is 0.0852. The fourth-order valence-electron chi connectivity index (χ4n) is 2.74. The fourth-order valence-corrected chi connectivity index (χ4v) is 2.74. The molecule has 0 unspecified atom stereocenters. The van der Waals surface area contributed by atoms with Crippen molar-refractivity contribution in [3.8, 4) is 0 Å². The lowest BCUT2D eigenvalue weighted by Crippen LogP contribution is -2.18. The Morgan fingerprint density at radius 1 is 0.950 bits per heavy atom. The zero-order valence-electron chi connectivity index (χ0n) is 11.5. The van der Waals surface area contributed by atoms with Crippen LogP contribution in [0.3, 0.4) is 0 Å². The van der Waals surface area contributed by atoms with Crippen molar-refractivity contribution in [1.29, 1.82) is 0 Å². The van der Waals surface area contributed by atoms with Gasteiger partial charge in [0.15, 0.2) is 0 Å². The lowest BCUT2D eigenvalue weighted by Gasteiger charge is -2.11. The number of benzene rings is 3. The Bertz CT molecular complexity index is 723. The molecule has 20 heavy (non-hydrogen) atoms. The van der Waals surface area contributed by atoms with Gasteiger partial charge in [-0.3, -0.25) is 4.79 Å². The van der Waals surface area contributed by atoms with Crippen molar-refractivity contribution in [2.75, 3.05) is 7.05 Å². The van der Waals surface area contributed by atoms with Gasteiger partial charge in [0.2, 0.25) is 5.91 Å². The summed E-state index contributed by atoms with van der Waals surface area (Å²) in [5, 5.41) is 7.65. The predicted octanol–water partition coefficient (Wildman–Crippen LogP) is 3.67. The summed E-state index contributed by atoms with van der Waals surface area (Å²) in [6.45, 7) is 0. The molecular formula is C18H17NO. The number of carbonyl (C=O) groups excluding carboxylic acids is 1. The summed E-state index contributed by atoms with van der Waals surface area (Å²) in [5.41, 5.74) is 1.27. The Kier molecular flexibility index (Phi) is 3.38. The highest BCUT2D eigenvalue weighted by atomic mass is 16.1. The number of rotatable bonds is 3. The van der Waals surface area contributed by atoms with Crippen LogP contribution in [0.25, 0.3) is 21.5 Å². The van der Waals surface area contributed by atoms with Gasteiger partial charge in [0.05, 0.1) is 0 Å². The molecule has 2 heteroatoms. The van der Waals surface area contributed by atoms with E-state index in [0.717, 1.165) is 6.42 Å². The van der Waals surface area contributed by atoms with Crippen LogP contribution in [-0.4, -0.2) is 13.0 Å². The van der Waals surface area contributed by atoms with E-state index in [0.29, 0.717) is 6.42 Å². The third-order valence-electron chi connectivity index (χ3n) is 3.76. The number of fused-ring (bicyclic) bond motifs is 2. The SMILES string of the molecule is CNC(=O)CCc1c2ccccc2cc2ccccc12. The van der Waals surface area contributed by atoms with Gasteiger partial charge in [0.25, 0.3) is 0 Å². The van der Waals surface area contributed by atoms with Crippen LogP contribution >= 0.6 is 0 Å². The first-order valence-corrected chi connectivity index (χ1v) is 6.89. The van der Waals surface area contributed by atoms with Crippen LogP contribution in [0.5, 0.6) is 0 Å². The van der Waals surface area contributed by atoms with E-state index < -0.39 is 0 Å². The van der Waals surface area contributed by atoms with Crippen molar-refractivity contribution < 1.29 is 4.79 Å². The van der Waals surface area contributed by atoms with Gasteiger partial charge in [-0.1, -0.05) is 48.5 Å². The lowest BCUT2D eigenvalue weighted by atomic mass is 9.94. The molecule has 100 valence electrons. The summed E-state index contributed by atoms with van der Waals surface area (Å²) in [6, 6.07) is 19.0. The first-order valence-electron chi connectivity index (χ1n) is 6.89. The van der Waals surface area contributed by atoms with Crippen molar-refractivity contribution in [1.82, 2.24) is 5.32 Å². The Balaban J connectivity index is 2.20. The van der Waals surface area contributed by atoms with Crippen LogP contribution in [-0.2, 0) is 11.2 Å². The number of nitrogens with one attached hydrogen (secondary N) is 1. The standard InChI is InChI=1S/C18H17NO/c1-19-18(20)11-10-17-15-8-4-2-6-13(15)12-14-7-3-5-9-16(14)17/h2-9,12H,10-11H2,1H3,(H,19,20). The Labute approximate surface area is 118 Å². The Hall–Kier alpha value is -2.35. The topological polar surface area (TPSA) is 29.1 Å². The Morgan fingerprint density at radius 2 is 1.50 bits per heavy atom. The van der Waals surface area contributed by atoms with Crippen molar-refractivity contribution in [3.05, 3.63) is 60.2 Å². The van der Waals surface area contributed by atoms with E-state index in [-0.39, 0.29) is 5.91 Å². The number of hydrogen-bond acceptors (Lipinski definition) is 1. The molecule has 1 N–H and O–H groups in total. The number of aryl methyl sites for hydroxylation is 1. The van der Waals surface area contributed by atoms with Crippen LogP contribution in [0.1, 0.15) is 12.0 Å². The molecule has 0 aliphatic heterocycles. The monoisotopic (exact) mass is 263 g/mol. The second-order valence-electron chi connectivity index (χ2n) is 4.97. The summed E-state index contributed by atoms with van der Waals surface area (Å²) >= 11 is 0. The summed E-state index contributed by atoms with van der Waals surface area (Å²) in [6.07, 6.45) is 1.29. The number of carbonyl (C=O) groups is 1. The third kappa shape index (κ3) is 2.25. The van der Waals surface area contributed by atoms with Gasteiger partial charge < -0.3 is 5.32 Å². The minimum Gasteiger partial charge on any atom is -0.359 e. The van der Waals surface area contributed by atoms with E-state index in [1.54, 1.807) is 7.05 Å². The Morgan fingerprint density at radius 3 is 2.05 bits per heavy atom. The first kappa shape index (κ1) is 12.7. The maximum absolute atomic E-state index is 11.5. The number of amides is 1. The molecule has 0 fully saturated rings. The van der Waals surface area contributed by atoms with Gasteiger partial charge in [-0.2, -0.15) is 0 Å². The van der Waals surface area contributed by atoms with Gasteiger partial charge in [-0.15, -0.1) is 0 Å². The second-order valence-corrected chi connectivity index (χ2v) is 4.97. The molecular weight excluding hydrogens is 246 g/mol. The van der Waals surface area contributed by atoms with Crippen LogP contribution in [0.4, 0.5) is 0 Å². The highest BCUT2D eigenvalue weighted by Crippen LogP contribution is 2.29. The molecule has 0 bridgehead atoms. The molecule has 2 nitrogen and oxygen atoms in total. The predicted molar refractivity (Wildman–Crippen MR) is 83.8 cm³/mol. The smallest absolute Gasteiger partial charge is 0.220 e. The van der Waals surface area contributed by atoms with E-state index in [1.165, 1.54) is 27.1 Å². The van der Waals surface area contributed by atoms with Crippen molar-refractivity contribution in [3.63, 3.8) is 0 Å². The molecule has 1 amide bonds. The van der Waals surface area contributed by atoms with E-state index in [4.69, 9.17) is 0 Å². The maximum Gasteiger partial charge on any atom is 0.220 e. The van der Waals surface area contributed by atoms with Crippen molar-refractivity contribution in [2.24, 2.45) is 0 Å². The summed E-state index contributed by atoms with van der Waals surface area (Å²) in [7, 11) is 1.68. The molecule has 0 aromatic heterocycles. The van der Waals surface area contributed by atoms with Crippen LogP contribution in [0, 0.1) is 0 Å². The normalized spacial score (nSPS) is 10.8. The van der Waals surface area contributed by atoms with Gasteiger partial charge in [0, 0.05) is 13.5 Å². The van der Waals surface area contributed by atoms with E-state index >= 15 is 0 Å². The molecule has 3 aromatic rings. The largest absolute Gasteiger partial charge is 0.359 e. The van der Waals surface area contributed by atoms with Gasteiger partial charge in [-0.05, 0) is 39.6 Å². The lowest BCUT2D eigenvalue weighted by molar-refractivity contribution is -0.120. The van der Waals surface area contributed by atoms with Crippen molar-refractivity contribution >= 4 is 27.5 Å². The molecule has 3 aromatic carbocycles. The zero-order valence-corrected chi connectivity index (χ0v) is 11.5. The first-order chi connectivity index (χ1) is 9.79. The molecule has 0 radical (unpaired) electrons. The highest BCUT2D eigenvalue weighted by molar-refractivity contribution is 6.02. The number of hydrogen-bond donors (Lipinski definition) is 1. The van der Waals surface area contributed by atoms with Crippen LogP contribution < -0.4 is 5.32 Å². The molecule has 0 heterocycles. The van der Waals surface area contributed by atoms with Crippen LogP contribution in [0.2, 0.25) is 0 Å². The molecule has 0 saturated carbocycles. The third-order valence-corrected chi connectivity index (χ3v) is 3.76. The highest BCUT2D eigenvalue weighted by Gasteiger charge is 2.08. The van der Waals surface area contributed by atoms with E-state index in [1.807, 2.05) is 0 Å². The van der Waals surface area contributed by atoms with Crippen molar-refractivity contribution in [2.45, 2.75) is 12.8 Å². The van der Waals surface area contributed by atoms with E-state index in [9.17, 15) is 4.79 Å². The van der Waals surface area contributed by atoms with E-state index in [2.05, 4.69) is 59.9 Å². The molecule has 0 aliphatic carbocycles. The maximum atomic E-state index is 11.5. The van der Waals surface area contributed by atoms with Crippen LogP contribution in [0.15, 0.2) is 54.6 Å². The molecule has 0 spiro atoms. The minimum atomic E-state index is 0.0852. The van der Waals surface area contributed by atoms with Gasteiger partial charge >= 0.3 is 0 Å². The molecule has 0 atom stereocenters. The average molecular weight is 263 g/mol.